The van der Waals surface area contributed by atoms with Crippen LogP contribution in [0.1, 0.15) is 0 Å². The van der Waals surface area contributed by atoms with Crippen LogP contribution in [0.2, 0.25) is 20.1 Å². The first-order chi connectivity index (χ1) is 11.8. The van der Waals surface area contributed by atoms with Crippen LogP contribution in [0.3, 0.4) is 0 Å². The summed E-state index contributed by atoms with van der Waals surface area (Å²) in [6.07, 6.45) is 0. The highest BCUT2D eigenvalue weighted by Gasteiger charge is 2.23. The largest absolute Gasteiger partial charge is 0.265 e. The molecule has 0 unspecified atom stereocenters. The van der Waals surface area contributed by atoms with Crippen molar-refractivity contribution < 1.29 is 8.42 Å². The number of hydrogen-bond donors (Lipinski definition) is 1. The third-order valence-electron chi connectivity index (χ3n) is 3.04. The van der Waals surface area contributed by atoms with Gasteiger partial charge in [-0.15, -0.1) is 10.2 Å². The van der Waals surface area contributed by atoms with Crippen molar-refractivity contribution in [2.45, 2.75) is 4.90 Å². The molecule has 25 heavy (non-hydrogen) atoms. The maximum absolute atomic E-state index is 12.5. The molecule has 3 aromatic rings. The van der Waals surface area contributed by atoms with Gasteiger partial charge in [0.2, 0.25) is 5.13 Å². The Hall–Kier alpha value is -1.09. The molecule has 1 heterocycles. The molecule has 1 N–H and O–H groups in total. The highest BCUT2D eigenvalue weighted by Crippen LogP contribution is 2.37. The van der Waals surface area contributed by atoms with Crippen LogP contribution >= 0.6 is 57.7 Å². The van der Waals surface area contributed by atoms with Gasteiger partial charge in [0.1, 0.15) is 4.90 Å². The Morgan fingerprint density at radius 2 is 1.60 bits per heavy atom. The van der Waals surface area contributed by atoms with Crippen LogP contribution in [0.4, 0.5) is 5.13 Å². The average Bonchev–Trinajstić information content (AvgIpc) is 3.00. The van der Waals surface area contributed by atoms with Crippen molar-refractivity contribution >= 4 is 72.9 Å². The average molecular weight is 455 g/mol. The molecule has 0 saturated heterocycles. The summed E-state index contributed by atoms with van der Waals surface area (Å²) < 4.78 is 27.3. The Labute approximate surface area is 167 Å². The van der Waals surface area contributed by atoms with Gasteiger partial charge in [0.25, 0.3) is 10.0 Å². The fourth-order valence-electron chi connectivity index (χ4n) is 1.89. The van der Waals surface area contributed by atoms with E-state index in [1.54, 1.807) is 24.3 Å². The van der Waals surface area contributed by atoms with Gasteiger partial charge in [-0.3, -0.25) is 4.72 Å². The molecule has 0 amide bonds. The van der Waals surface area contributed by atoms with Crippen LogP contribution in [0, 0.1) is 0 Å². The van der Waals surface area contributed by atoms with Gasteiger partial charge in [-0.2, -0.15) is 0 Å². The maximum atomic E-state index is 12.5. The predicted molar refractivity (Wildman–Crippen MR) is 103 cm³/mol. The summed E-state index contributed by atoms with van der Waals surface area (Å²) in [5.74, 6) is 0. The molecule has 3 rings (SSSR count). The number of hydrogen-bond acceptors (Lipinski definition) is 5. The summed E-state index contributed by atoms with van der Waals surface area (Å²) in [6.45, 7) is 0. The Bertz CT molecular complexity index is 1050. The van der Waals surface area contributed by atoms with Gasteiger partial charge in [-0.05, 0) is 18.2 Å². The van der Waals surface area contributed by atoms with E-state index in [9.17, 15) is 8.42 Å². The van der Waals surface area contributed by atoms with Gasteiger partial charge in [0, 0.05) is 5.56 Å². The first kappa shape index (κ1) is 18.7. The van der Waals surface area contributed by atoms with Crippen LogP contribution in [-0.2, 0) is 10.0 Å². The molecular formula is C14H7Cl4N3O2S2. The molecule has 0 spiro atoms. The van der Waals surface area contributed by atoms with E-state index in [1.807, 2.05) is 0 Å². The van der Waals surface area contributed by atoms with Gasteiger partial charge < -0.3 is 0 Å². The smallest absolute Gasteiger partial charge is 0.253 e. The van der Waals surface area contributed by atoms with Crippen molar-refractivity contribution in [2.75, 3.05) is 4.72 Å². The Morgan fingerprint density at radius 1 is 0.880 bits per heavy atom. The van der Waals surface area contributed by atoms with E-state index in [1.165, 1.54) is 12.1 Å². The summed E-state index contributed by atoms with van der Waals surface area (Å²) in [7, 11) is -4.01. The molecule has 11 heteroatoms. The molecule has 1 aromatic heterocycles. The second-order valence-electron chi connectivity index (χ2n) is 4.67. The van der Waals surface area contributed by atoms with Gasteiger partial charge in [0.05, 0.1) is 20.1 Å². The first-order valence-corrected chi connectivity index (χ1v) is 10.4. The topological polar surface area (TPSA) is 72.0 Å². The highest BCUT2D eigenvalue weighted by atomic mass is 35.5. The van der Waals surface area contributed by atoms with E-state index in [0.717, 1.165) is 11.3 Å². The Balaban J connectivity index is 1.93. The molecule has 130 valence electrons. The normalized spacial score (nSPS) is 11.5. The number of nitrogens with one attached hydrogen (secondary N) is 1. The maximum Gasteiger partial charge on any atom is 0.265 e. The number of halogens is 4. The molecular weight excluding hydrogens is 448 g/mol. The molecule has 2 aromatic carbocycles. The van der Waals surface area contributed by atoms with Gasteiger partial charge in [-0.1, -0.05) is 75.9 Å². The van der Waals surface area contributed by atoms with E-state index in [4.69, 9.17) is 46.4 Å². The number of anilines is 1. The highest BCUT2D eigenvalue weighted by molar-refractivity contribution is 7.93. The minimum absolute atomic E-state index is 0.0415. The zero-order valence-electron chi connectivity index (χ0n) is 12.0. The molecule has 0 radical (unpaired) electrons. The monoisotopic (exact) mass is 453 g/mol. The minimum atomic E-state index is -4.01. The zero-order valence-corrected chi connectivity index (χ0v) is 16.7. The number of rotatable bonds is 4. The summed E-state index contributed by atoms with van der Waals surface area (Å²) in [6, 6.07) is 9.65. The Morgan fingerprint density at radius 3 is 2.32 bits per heavy atom. The van der Waals surface area contributed by atoms with Crippen molar-refractivity contribution in [3.8, 4) is 10.6 Å². The van der Waals surface area contributed by atoms with Gasteiger partial charge in [-0.25, -0.2) is 8.42 Å². The molecule has 0 aliphatic heterocycles. The molecule has 0 bridgehead atoms. The van der Waals surface area contributed by atoms with Crippen LogP contribution in [0.5, 0.6) is 0 Å². The van der Waals surface area contributed by atoms with E-state index in [0.29, 0.717) is 15.6 Å². The van der Waals surface area contributed by atoms with Crippen molar-refractivity contribution in [3.63, 3.8) is 0 Å². The van der Waals surface area contributed by atoms with E-state index >= 15 is 0 Å². The van der Waals surface area contributed by atoms with Crippen molar-refractivity contribution in [1.29, 1.82) is 0 Å². The number of sulfonamides is 1. The van der Waals surface area contributed by atoms with Crippen molar-refractivity contribution in [3.05, 3.63) is 56.5 Å². The third-order valence-corrected chi connectivity index (χ3v) is 7.16. The van der Waals surface area contributed by atoms with Crippen LogP contribution in [0.25, 0.3) is 10.6 Å². The van der Waals surface area contributed by atoms with E-state index < -0.39 is 10.0 Å². The van der Waals surface area contributed by atoms with Crippen LogP contribution < -0.4 is 4.72 Å². The quantitative estimate of drug-likeness (QED) is 0.519. The second kappa shape index (κ2) is 7.26. The van der Waals surface area contributed by atoms with E-state index in [2.05, 4.69) is 14.9 Å². The second-order valence-corrected chi connectivity index (χ2v) is 8.87. The van der Waals surface area contributed by atoms with E-state index in [-0.39, 0.29) is 25.1 Å². The zero-order chi connectivity index (χ0) is 18.2. The molecule has 0 atom stereocenters. The van der Waals surface area contributed by atoms with Gasteiger partial charge >= 0.3 is 0 Å². The lowest BCUT2D eigenvalue weighted by atomic mass is 10.2. The van der Waals surface area contributed by atoms with Crippen LogP contribution in [0.15, 0.2) is 41.3 Å². The predicted octanol–water partition coefficient (Wildman–Crippen LogP) is 5.62. The number of aromatic nitrogens is 2. The molecule has 0 saturated carbocycles. The van der Waals surface area contributed by atoms with Gasteiger partial charge in [0.15, 0.2) is 5.01 Å². The third kappa shape index (κ3) is 3.86. The van der Waals surface area contributed by atoms with Crippen molar-refractivity contribution in [1.82, 2.24) is 10.2 Å². The summed E-state index contributed by atoms with van der Waals surface area (Å²) in [5.41, 5.74) is 0.652. The fourth-order valence-corrected chi connectivity index (χ4v) is 5.17. The molecule has 5 nitrogen and oxygen atoms in total. The van der Waals surface area contributed by atoms with Crippen LogP contribution in [-0.4, -0.2) is 18.6 Å². The lowest BCUT2D eigenvalue weighted by Crippen LogP contribution is -2.13. The molecule has 0 fully saturated rings. The lowest BCUT2D eigenvalue weighted by molar-refractivity contribution is 0.601. The fraction of sp³-hybridized carbons (Fsp3) is 0. The van der Waals surface area contributed by atoms with Crippen molar-refractivity contribution in [2.24, 2.45) is 0 Å². The summed E-state index contributed by atoms with van der Waals surface area (Å²) in [4.78, 5) is -0.210. The number of nitrogens with zero attached hydrogens (tertiary/aromatic N) is 2. The lowest BCUT2D eigenvalue weighted by Gasteiger charge is -2.08. The number of benzene rings is 2. The Kier molecular flexibility index (Phi) is 5.43. The molecule has 0 aliphatic carbocycles. The first-order valence-electron chi connectivity index (χ1n) is 6.54. The minimum Gasteiger partial charge on any atom is -0.253 e. The molecule has 0 aliphatic rings. The SMILES string of the molecule is O=S(=O)(Nc1nnc(-c2ccccc2Cl)s1)c1ccc(Cl)c(Cl)c1Cl. The summed E-state index contributed by atoms with van der Waals surface area (Å²) in [5, 5.41) is 8.76. The standard InChI is InChI=1S/C14H7Cl4N3O2S2/c15-8-4-2-1-3-7(8)13-19-20-14(24-13)21-25(22,23)10-6-5-9(16)11(17)12(10)18/h1-6H,(H,20,21). The summed E-state index contributed by atoms with van der Waals surface area (Å²) >= 11 is 24.8.